The van der Waals surface area contributed by atoms with Crippen molar-refractivity contribution in [1.29, 1.82) is 0 Å². The molecule has 0 saturated carbocycles. The Kier molecular flexibility index (Phi) is 5.74. The van der Waals surface area contributed by atoms with E-state index in [1.807, 2.05) is 36.4 Å². The quantitative estimate of drug-likeness (QED) is 0.491. The molecule has 14 heavy (non-hydrogen) atoms. The van der Waals surface area contributed by atoms with Crippen LogP contribution in [0.5, 0.6) is 0 Å². The Morgan fingerprint density at radius 1 is 0.643 bits per heavy atom. The van der Waals surface area contributed by atoms with E-state index in [9.17, 15) is 0 Å². The van der Waals surface area contributed by atoms with Gasteiger partial charge >= 0.3 is 5.97 Å². The molecule has 0 atom stereocenters. The van der Waals surface area contributed by atoms with E-state index in [2.05, 4.69) is 0 Å². The Morgan fingerprint density at radius 2 is 0.786 bits per heavy atom. The molecular weight excluding hydrogens is 250 g/mol. The molecule has 3 N–H and O–H groups in total. The molecule has 0 aromatic heterocycles. The van der Waals surface area contributed by atoms with Crippen molar-refractivity contribution in [3.8, 4) is 0 Å². The Bertz CT molecular complexity index is 202. The van der Waals surface area contributed by atoms with Gasteiger partial charge < -0.3 is 15.3 Å². The monoisotopic (exact) mass is 258 g/mol. The molecule has 1 aromatic carbocycles. The largest absolute Gasteiger partial charge is 0.340 e. The molecule has 0 bridgehead atoms. The van der Waals surface area contributed by atoms with Crippen molar-refractivity contribution in [1.82, 2.24) is 0 Å². The zero-order valence-electron chi connectivity index (χ0n) is 6.94. The number of hydrogen-bond donors (Lipinski definition) is 3. The van der Waals surface area contributed by atoms with Gasteiger partial charge in [0.1, 0.15) is 0 Å². The van der Waals surface area contributed by atoms with E-state index >= 15 is 0 Å². The van der Waals surface area contributed by atoms with Crippen molar-refractivity contribution >= 4 is 34.8 Å². The number of halogens is 3. The average molecular weight is 260 g/mol. The Morgan fingerprint density at radius 3 is 0.857 bits per heavy atom. The minimum absolute atomic E-state index is 2.00. The van der Waals surface area contributed by atoms with Crippen LogP contribution in [0.2, 0.25) is 0 Å². The van der Waals surface area contributed by atoms with Crippen molar-refractivity contribution in [3.63, 3.8) is 0 Å². The van der Waals surface area contributed by atoms with Gasteiger partial charge in [0.25, 0.3) is 3.79 Å². The van der Waals surface area contributed by atoms with Gasteiger partial charge in [-0.15, -0.1) is 0 Å². The maximum atomic E-state index is 8.07. The summed E-state index contributed by atoms with van der Waals surface area (Å²) in [4.78, 5) is 0. The standard InChI is InChI=1S/C6H6.C2H3Cl3O3/c1-2-4-6-5-3-1;3-1(4,5)2(6,7)8/h1-6H;6-8H. The van der Waals surface area contributed by atoms with Crippen molar-refractivity contribution < 1.29 is 15.3 Å². The molecule has 3 nitrogen and oxygen atoms in total. The van der Waals surface area contributed by atoms with Gasteiger partial charge in [0.05, 0.1) is 0 Å². The van der Waals surface area contributed by atoms with E-state index in [-0.39, 0.29) is 0 Å². The smallest absolute Gasteiger partial charge is 0.325 e. The van der Waals surface area contributed by atoms with Gasteiger partial charge in [-0.2, -0.15) is 0 Å². The SMILES string of the molecule is OC(O)(O)C(Cl)(Cl)Cl.c1ccccc1. The lowest BCUT2D eigenvalue weighted by Gasteiger charge is -2.21. The van der Waals surface area contributed by atoms with Crippen LogP contribution in [0, 0.1) is 0 Å². The summed E-state index contributed by atoms with van der Waals surface area (Å²) in [5.41, 5.74) is 0. The topological polar surface area (TPSA) is 60.7 Å². The fraction of sp³-hybridized carbons (Fsp3) is 0.250. The minimum Gasteiger partial charge on any atom is -0.340 e. The summed E-state index contributed by atoms with van der Waals surface area (Å²) in [7, 11) is 0. The van der Waals surface area contributed by atoms with Gasteiger partial charge in [0.2, 0.25) is 0 Å². The molecule has 0 aliphatic carbocycles. The molecule has 0 unspecified atom stereocenters. The number of hydrogen-bond acceptors (Lipinski definition) is 3. The van der Waals surface area contributed by atoms with Crippen LogP contribution in [0.1, 0.15) is 0 Å². The normalized spacial score (nSPS) is 11.6. The van der Waals surface area contributed by atoms with Crippen molar-refractivity contribution in [3.05, 3.63) is 36.4 Å². The van der Waals surface area contributed by atoms with Crippen LogP contribution in [0.15, 0.2) is 36.4 Å². The number of benzene rings is 1. The molecule has 6 heteroatoms. The molecule has 0 amide bonds. The van der Waals surface area contributed by atoms with Crippen LogP contribution in [0.3, 0.4) is 0 Å². The number of rotatable bonds is 0. The summed E-state index contributed by atoms with van der Waals surface area (Å²) in [5.74, 6) is -3.27. The van der Waals surface area contributed by atoms with E-state index in [0.29, 0.717) is 0 Å². The lowest BCUT2D eigenvalue weighted by Crippen LogP contribution is -2.42. The van der Waals surface area contributed by atoms with Crippen LogP contribution in [-0.2, 0) is 0 Å². The molecular formula is C8H9Cl3O3. The first-order valence-electron chi connectivity index (χ1n) is 3.49. The molecule has 0 aliphatic rings. The van der Waals surface area contributed by atoms with Crippen LogP contribution < -0.4 is 0 Å². The lowest BCUT2D eigenvalue weighted by atomic mass is 10.4. The Hall–Kier alpha value is -0.0300. The maximum Gasteiger partial charge on any atom is 0.325 e. The minimum atomic E-state index is -3.27. The van der Waals surface area contributed by atoms with Gasteiger partial charge in [-0.05, 0) is 0 Å². The van der Waals surface area contributed by atoms with Gasteiger partial charge in [-0.1, -0.05) is 71.2 Å². The second-order valence-electron chi connectivity index (χ2n) is 2.29. The fourth-order valence-corrected chi connectivity index (χ4v) is 0.385. The predicted molar refractivity (Wildman–Crippen MR) is 56.1 cm³/mol. The van der Waals surface area contributed by atoms with Crippen LogP contribution in [0.4, 0.5) is 0 Å². The fourth-order valence-electron chi connectivity index (χ4n) is 0.385. The van der Waals surface area contributed by atoms with Crippen molar-refractivity contribution in [2.75, 3.05) is 0 Å². The highest BCUT2D eigenvalue weighted by atomic mass is 35.6. The predicted octanol–water partition coefficient (Wildman–Crippen LogP) is 1.67. The summed E-state index contributed by atoms with van der Waals surface area (Å²) in [6, 6.07) is 12.0. The maximum absolute atomic E-state index is 8.07. The van der Waals surface area contributed by atoms with E-state index in [4.69, 9.17) is 50.1 Å². The van der Waals surface area contributed by atoms with Crippen molar-refractivity contribution in [2.24, 2.45) is 0 Å². The number of aliphatic hydroxyl groups is 3. The summed E-state index contributed by atoms with van der Waals surface area (Å²) in [5, 5.41) is 24.2. The first-order valence-corrected chi connectivity index (χ1v) is 4.62. The molecule has 0 fully saturated rings. The van der Waals surface area contributed by atoms with Gasteiger partial charge in [0.15, 0.2) is 0 Å². The first-order chi connectivity index (χ1) is 6.25. The summed E-state index contributed by atoms with van der Waals surface area (Å²) >= 11 is 14.4. The highest BCUT2D eigenvalue weighted by Gasteiger charge is 2.44. The van der Waals surface area contributed by atoms with E-state index in [1.165, 1.54) is 0 Å². The zero-order valence-corrected chi connectivity index (χ0v) is 9.21. The second-order valence-corrected chi connectivity index (χ2v) is 4.57. The van der Waals surface area contributed by atoms with Gasteiger partial charge in [-0.25, -0.2) is 0 Å². The summed E-state index contributed by atoms with van der Waals surface area (Å²) < 4.78 is -2.48. The summed E-state index contributed by atoms with van der Waals surface area (Å²) in [6.45, 7) is 0. The van der Waals surface area contributed by atoms with E-state index in [0.717, 1.165) is 0 Å². The highest BCUT2D eigenvalue weighted by molar-refractivity contribution is 6.68. The van der Waals surface area contributed by atoms with Crippen LogP contribution >= 0.6 is 34.8 Å². The third-order valence-corrected chi connectivity index (χ3v) is 1.81. The van der Waals surface area contributed by atoms with Gasteiger partial charge in [-0.3, -0.25) is 0 Å². The first kappa shape index (κ1) is 14.0. The van der Waals surface area contributed by atoms with Crippen LogP contribution in [-0.4, -0.2) is 25.1 Å². The number of alkyl halides is 3. The van der Waals surface area contributed by atoms with E-state index < -0.39 is 9.77 Å². The molecule has 0 heterocycles. The highest BCUT2D eigenvalue weighted by Crippen LogP contribution is 2.34. The van der Waals surface area contributed by atoms with Crippen LogP contribution in [0.25, 0.3) is 0 Å². The molecule has 0 aliphatic heterocycles. The third kappa shape index (κ3) is 6.43. The lowest BCUT2D eigenvalue weighted by molar-refractivity contribution is -0.307. The Balaban J connectivity index is 0.000000249. The third-order valence-electron chi connectivity index (χ3n) is 1.05. The summed E-state index contributed by atoms with van der Waals surface area (Å²) in [6.07, 6.45) is 0. The zero-order chi connectivity index (χ0) is 11.2. The molecule has 80 valence electrons. The van der Waals surface area contributed by atoms with E-state index in [1.54, 1.807) is 0 Å². The molecule has 0 radical (unpaired) electrons. The Labute approximate surface area is 96.5 Å². The molecule has 0 saturated heterocycles. The molecule has 1 rings (SSSR count). The van der Waals surface area contributed by atoms with Crippen molar-refractivity contribution in [2.45, 2.75) is 9.77 Å². The molecule has 0 spiro atoms. The average Bonchev–Trinajstić information content (AvgIpc) is 2.05. The second kappa shape index (κ2) is 5.75. The molecule has 1 aromatic rings. The van der Waals surface area contributed by atoms with Gasteiger partial charge in [0, 0.05) is 0 Å².